The Bertz CT molecular complexity index is 1110. The van der Waals surface area contributed by atoms with Gasteiger partial charge in [-0.2, -0.15) is 0 Å². The number of hydrazine groups is 1. The van der Waals surface area contributed by atoms with E-state index in [1.165, 1.54) is 28.9 Å². The molecule has 5 nitrogen and oxygen atoms in total. The number of benzene rings is 3. The molecule has 3 aromatic rings. The lowest BCUT2D eigenvalue weighted by Crippen LogP contribution is -2.44. The number of aromatic hydroxyl groups is 1. The predicted octanol–water partition coefficient (Wildman–Crippen LogP) is 4.66. The fourth-order valence-electron chi connectivity index (χ4n) is 3.14. The molecule has 6 heteroatoms. The third-order valence-electron chi connectivity index (χ3n) is 4.73. The van der Waals surface area contributed by atoms with Crippen LogP contribution in [0.5, 0.6) is 5.75 Å². The summed E-state index contributed by atoms with van der Waals surface area (Å²) in [6.07, 6.45) is 1.82. The third kappa shape index (κ3) is 4.09. The van der Waals surface area contributed by atoms with Gasteiger partial charge in [-0.15, -0.1) is 0 Å². The van der Waals surface area contributed by atoms with Gasteiger partial charge in [-0.05, 0) is 36.3 Å². The lowest BCUT2D eigenvalue weighted by atomic mass is 10.1. The number of thioether (sulfide) groups is 1. The molecule has 2 N–H and O–H groups in total. The van der Waals surface area contributed by atoms with Crippen molar-refractivity contribution in [2.45, 2.75) is 12.3 Å². The fraction of sp³-hybridized carbons (Fsp3) is 0.0833. The molecule has 1 saturated heterocycles. The minimum Gasteiger partial charge on any atom is -0.507 e. The number of para-hydroxylation sites is 1. The first-order valence-electron chi connectivity index (χ1n) is 9.45. The smallest absolute Gasteiger partial charge is 0.280 e. The Labute approximate surface area is 179 Å². The highest BCUT2D eigenvalue weighted by atomic mass is 32.2. The Kier molecular flexibility index (Phi) is 5.59. The molecule has 0 spiro atoms. The highest BCUT2D eigenvalue weighted by Gasteiger charge is 2.38. The van der Waals surface area contributed by atoms with Gasteiger partial charge in [-0.3, -0.25) is 15.0 Å². The van der Waals surface area contributed by atoms with Crippen molar-refractivity contribution in [3.05, 3.63) is 106 Å². The Hall–Kier alpha value is -3.51. The number of hydrogen-bond donors (Lipinski definition) is 2. The fourth-order valence-corrected chi connectivity index (χ4v) is 4.33. The SMILES string of the molecule is Cc1ccc(C2S/C(=C/c3ccccc3)C(=O)N2NC(=O)c2ccccc2O)cc1. The molecule has 4 rings (SSSR count). The Morgan fingerprint density at radius 3 is 2.37 bits per heavy atom. The molecular formula is C24H20N2O3S. The van der Waals surface area contributed by atoms with Crippen LogP contribution in [0, 0.1) is 6.92 Å². The van der Waals surface area contributed by atoms with E-state index in [4.69, 9.17) is 0 Å². The molecule has 0 saturated carbocycles. The summed E-state index contributed by atoms with van der Waals surface area (Å²) in [7, 11) is 0. The maximum atomic E-state index is 13.2. The predicted molar refractivity (Wildman–Crippen MR) is 118 cm³/mol. The molecule has 2 amide bonds. The van der Waals surface area contributed by atoms with E-state index in [2.05, 4.69) is 5.43 Å². The normalized spacial score (nSPS) is 17.4. The lowest BCUT2D eigenvalue weighted by Gasteiger charge is -2.24. The first-order valence-corrected chi connectivity index (χ1v) is 10.3. The van der Waals surface area contributed by atoms with Crippen molar-refractivity contribution in [1.82, 2.24) is 10.4 Å². The Balaban J connectivity index is 1.68. The summed E-state index contributed by atoms with van der Waals surface area (Å²) in [5, 5.41) is 10.9. The highest BCUT2D eigenvalue weighted by Crippen LogP contribution is 2.45. The largest absolute Gasteiger partial charge is 0.507 e. The maximum Gasteiger partial charge on any atom is 0.280 e. The van der Waals surface area contributed by atoms with E-state index in [1.807, 2.05) is 67.6 Å². The average Bonchev–Trinajstić information content (AvgIpc) is 3.05. The monoisotopic (exact) mass is 416 g/mol. The van der Waals surface area contributed by atoms with Gasteiger partial charge in [0, 0.05) is 0 Å². The molecule has 150 valence electrons. The zero-order chi connectivity index (χ0) is 21.1. The van der Waals surface area contributed by atoms with Gasteiger partial charge in [-0.25, -0.2) is 5.01 Å². The summed E-state index contributed by atoms with van der Waals surface area (Å²) in [5.41, 5.74) is 5.71. The van der Waals surface area contributed by atoms with Crippen LogP contribution in [0.1, 0.15) is 32.4 Å². The minimum atomic E-state index is -0.542. The van der Waals surface area contributed by atoms with Crippen LogP contribution in [0.25, 0.3) is 6.08 Å². The van der Waals surface area contributed by atoms with Crippen LogP contribution in [-0.2, 0) is 4.79 Å². The highest BCUT2D eigenvalue weighted by molar-refractivity contribution is 8.04. The maximum absolute atomic E-state index is 13.2. The number of carbonyl (C=O) groups is 2. The van der Waals surface area contributed by atoms with Crippen LogP contribution in [0.15, 0.2) is 83.8 Å². The number of nitrogens with zero attached hydrogens (tertiary/aromatic N) is 1. The molecule has 0 bridgehead atoms. The number of phenolic OH excluding ortho intramolecular Hbond substituents is 1. The lowest BCUT2D eigenvalue weighted by molar-refractivity contribution is -0.128. The zero-order valence-corrected chi connectivity index (χ0v) is 17.1. The molecule has 1 aliphatic rings. The number of phenols is 1. The third-order valence-corrected chi connectivity index (χ3v) is 5.99. The van der Waals surface area contributed by atoms with E-state index in [-0.39, 0.29) is 17.2 Å². The van der Waals surface area contributed by atoms with Gasteiger partial charge in [0.2, 0.25) is 0 Å². The zero-order valence-electron chi connectivity index (χ0n) is 16.3. The van der Waals surface area contributed by atoms with Crippen molar-refractivity contribution < 1.29 is 14.7 Å². The molecule has 1 fully saturated rings. The van der Waals surface area contributed by atoms with E-state index >= 15 is 0 Å². The van der Waals surface area contributed by atoms with E-state index < -0.39 is 11.3 Å². The average molecular weight is 417 g/mol. The Morgan fingerprint density at radius 1 is 1.00 bits per heavy atom. The number of aryl methyl sites for hydroxylation is 1. The van der Waals surface area contributed by atoms with Gasteiger partial charge in [0.25, 0.3) is 11.8 Å². The summed E-state index contributed by atoms with van der Waals surface area (Å²) in [6.45, 7) is 2.00. The summed E-state index contributed by atoms with van der Waals surface area (Å²) < 4.78 is 0. The quantitative estimate of drug-likeness (QED) is 0.607. The first-order chi connectivity index (χ1) is 14.5. The van der Waals surface area contributed by atoms with Crippen molar-refractivity contribution >= 4 is 29.7 Å². The van der Waals surface area contributed by atoms with Gasteiger partial charge in [0.05, 0.1) is 10.5 Å². The van der Waals surface area contributed by atoms with Crippen LogP contribution in [0.4, 0.5) is 0 Å². The van der Waals surface area contributed by atoms with Crippen LogP contribution in [0.3, 0.4) is 0 Å². The molecule has 3 aromatic carbocycles. The van der Waals surface area contributed by atoms with E-state index in [0.717, 1.165) is 16.7 Å². The summed E-state index contributed by atoms with van der Waals surface area (Å²) in [5.74, 6) is -0.973. The molecule has 0 radical (unpaired) electrons. The van der Waals surface area contributed by atoms with Crippen LogP contribution < -0.4 is 5.43 Å². The summed E-state index contributed by atoms with van der Waals surface area (Å²) in [6, 6.07) is 23.7. The molecular weight excluding hydrogens is 396 g/mol. The van der Waals surface area contributed by atoms with Crippen molar-refractivity contribution in [2.24, 2.45) is 0 Å². The van der Waals surface area contributed by atoms with Crippen LogP contribution >= 0.6 is 11.8 Å². The van der Waals surface area contributed by atoms with Crippen LogP contribution in [0.2, 0.25) is 0 Å². The molecule has 1 atom stereocenters. The molecule has 1 unspecified atom stereocenters. The second kappa shape index (κ2) is 8.47. The summed E-state index contributed by atoms with van der Waals surface area (Å²) >= 11 is 1.38. The van der Waals surface area contributed by atoms with Crippen molar-refractivity contribution in [2.75, 3.05) is 0 Å². The standard InChI is InChI=1S/C24H20N2O3S/c1-16-11-13-18(14-12-16)24-26(25-22(28)19-9-5-6-10-20(19)27)23(29)21(30-24)15-17-7-3-2-4-8-17/h2-15,24,27H,1H3,(H,25,28)/b21-15+. The molecule has 0 aliphatic carbocycles. The van der Waals surface area contributed by atoms with Crippen molar-refractivity contribution in [3.8, 4) is 5.75 Å². The van der Waals surface area contributed by atoms with Gasteiger partial charge in [0.1, 0.15) is 11.1 Å². The number of amides is 2. The Morgan fingerprint density at radius 2 is 1.67 bits per heavy atom. The van der Waals surface area contributed by atoms with Crippen molar-refractivity contribution in [1.29, 1.82) is 0 Å². The van der Waals surface area contributed by atoms with Gasteiger partial charge >= 0.3 is 0 Å². The second-order valence-electron chi connectivity index (χ2n) is 6.93. The molecule has 30 heavy (non-hydrogen) atoms. The molecule has 0 aromatic heterocycles. The molecule has 1 heterocycles. The van der Waals surface area contributed by atoms with Crippen molar-refractivity contribution in [3.63, 3.8) is 0 Å². The van der Waals surface area contributed by atoms with Gasteiger partial charge in [-0.1, -0.05) is 84.1 Å². The minimum absolute atomic E-state index is 0.110. The first kappa shape index (κ1) is 19.8. The molecule has 1 aliphatic heterocycles. The van der Waals surface area contributed by atoms with E-state index in [0.29, 0.717) is 4.91 Å². The van der Waals surface area contributed by atoms with Gasteiger partial charge in [0.15, 0.2) is 0 Å². The van der Waals surface area contributed by atoms with Crippen LogP contribution in [-0.4, -0.2) is 21.9 Å². The van der Waals surface area contributed by atoms with E-state index in [9.17, 15) is 14.7 Å². The number of nitrogens with one attached hydrogen (secondary N) is 1. The summed E-state index contributed by atoms with van der Waals surface area (Å²) in [4.78, 5) is 26.5. The number of rotatable bonds is 4. The number of hydrogen-bond acceptors (Lipinski definition) is 4. The van der Waals surface area contributed by atoms with E-state index in [1.54, 1.807) is 12.1 Å². The second-order valence-corrected chi connectivity index (χ2v) is 8.06. The van der Waals surface area contributed by atoms with Gasteiger partial charge < -0.3 is 5.11 Å². The number of carbonyl (C=O) groups excluding carboxylic acids is 2. The topological polar surface area (TPSA) is 69.6 Å².